The Balaban J connectivity index is 2.89. The van der Waals surface area contributed by atoms with E-state index in [0.717, 1.165) is 16.8 Å². The van der Waals surface area contributed by atoms with Crippen LogP contribution in [0.4, 0.5) is 5.69 Å². The van der Waals surface area contributed by atoms with Gasteiger partial charge in [-0.1, -0.05) is 24.2 Å². The maximum absolute atomic E-state index is 12.0. The van der Waals surface area contributed by atoms with Gasteiger partial charge in [-0.3, -0.25) is 4.79 Å². The van der Waals surface area contributed by atoms with Crippen LogP contribution in [-0.4, -0.2) is 17.0 Å². The molecule has 0 bridgehead atoms. The van der Waals surface area contributed by atoms with E-state index in [9.17, 15) is 4.79 Å². The Hall–Kier alpha value is -2.04. The standard InChI is InChI=1S/C13H19N3O2/c1-4-10(12(14)16-18)13(17)15-11-7-8(2)5-6-9(11)3/h5-7,10,18H,4H2,1-3H3,(H2,14,16)(H,15,17). The van der Waals surface area contributed by atoms with Crippen molar-refractivity contribution < 1.29 is 10.0 Å². The number of nitrogens with one attached hydrogen (secondary N) is 1. The first-order chi connectivity index (χ1) is 8.49. The van der Waals surface area contributed by atoms with Gasteiger partial charge in [-0.05, 0) is 37.5 Å². The minimum Gasteiger partial charge on any atom is -0.409 e. The molecule has 0 aliphatic heterocycles. The lowest BCUT2D eigenvalue weighted by Gasteiger charge is -2.15. The Morgan fingerprint density at radius 2 is 2.17 bits per heavy atom. The molecule has 18 heavy (non-hydrogen) atoms. The van der Waals surface area contributed by atoms with Gasteiger partial charge in [-0.2, -0.15) is 0 Å². The molecule has 0 aliphatic carbocycles. The number of anilines is 1. The van der Waals surface area contributed by atoms with Gasteiger partial charge < -0.3 is 16.3 Å². The van der Waals surface area contributed by atoms with E-state index >= 15 is 0 Å². The average molecular weight is 249 g/mol. The summed E-state index contributed by atoms with van der Waals surface area (Å²) in [5.41, 5.74) is 8.28. The number of amidine groups is 1. The number of aryl methyl sites for hydroxylation is 2. The normalized spacial score (nSPS) is 13.2. The van der Waals surface area contributed by atoms with Crippen LogP contribution < -0.4 is 11.1 Å². The molecule has 0 fully saturated rings. The molecule has 1 amide bonds. The molecule has 1 rings (SSSR count). The van der Waals surface area contributed by atoms with Crippen molar-refractivity contribution in [2.24, 2.45) is 16.8 Å². The highest BCUT2D eigenvalue weighted by atomic mass is 16.4. The molecule has 98 valence electrons. The number of nitrogens with two attached hydrogens (primary N) is 1. The van der Waals surface area contributed by atoms with Crippen molar-refractivity contribution >= 4 is 17.4 Å². The van der Waals surface area contributed by atoms with E-state index in [0.29, 0.717) is 6.42 Å². The van der Waals surface area contributed by atoms with E-state index in [4.69, 9.17) is 10.9 Å². The number of hydrogen-bond donors (Lipinski definition) is 3. The van der Waals surface area contributed by atoms with Crippen LogP contribution in [0.15, 0.2) is 23.4 Å². The summed E-state index contributed by atoms with van der Waals surface area (Å²) in [6.07, 6.45) is 0.479. The zero-order valence-corrected chi connectivity index (χ0v) is 10.9. The third kappa shape index (κ3) is 3.23. The predicted molar refractivity (Wildman–Crippen MR) is 71.7 cm³/mol. The van der Waals surface area contributed by atoms with Crippen molar-refractivity contribution in [3.8, 4) is 0 Å². The van der Waals surface area contributed by atoms with E-state index in [1.165, 1.54) is 0 Å². The molecule has 4 N–H and O–H groups in total. The number of benzene rings is 1. The number of carbonyl (C=O) groups excluding carboxylic acids is 1. The van der Waals surface area contributed by atoms with Crippen LogP contribution in [0.2, 0.25) is 0 Å². The van der Waals surface area contributed by atoms with Gasteiger partial charge in [0.15, 0.2) is 5.84 Å². The number of hydrogen-bond acceptors (Lipinski definition) is 3. The van der Waals surface area contributed by atoms with Crippen LogP contribution in [0.25, 0.3) is 0 Å². The molecule has 0 spiro atoms. The van der Waals surface area contributed by atoms with Crippen LogP contribution in [0.5, 0.6) is 0 Å². The molecule has 1 atom stereocenters. The van der Waals surface area contributed by atoms with Crippen LogP contribution in [0.1, 0.15) is 24.5 Å². The molecular weight excluding hydrogens is 230 g/mol. The van der Waals surface area contributed by atoms with Crippen molar-refractivity contribution in [3.05, 3.63) is 29.3 Å². The SMILES string of the molecule is CCC(C(=O)Nc1cc(C)ccc1C)/C(N)=N/O. The largest absolute Gasteiger partial charge is 0.409 e. The molecule has 1 aromatic carbocycles. The summed E-state index contributed by atoms with van der Waals surface area (Å²) in [4.78, 5) is 12.0. The lowest BCUT2D eigenvalue weighted by Crippen LogP contribution is -2.34. The highest BCUT2D eigenvalue weighted by Gasteiger charge is 2.21. The summed E-state index contributed by atoms with van der Waals surface area (Å²) in [7, 11) is 0. The first kappa shape index (κ1) is 14.0. The smallest absolute Gasteiger partial charge is 0.235 e. The van der Waals surface area contributed by atoms with Crippen molar-refractivity contribution in [2.75, 3.05) is 5.32 Å². The molecule has 0 aromatic heterocycles. The van der Waals surface area contributed by atoms with Crippen LogP contribution in [-0.2, 0) is 4.79 Å². The first-order valence-corrected chi connectivity index (χ1v) is 5.85. The summed E-state index contributed by atoms with van der Waals surface area (Å²) in [6.45, 7) is 5.68. The molecule has 1 unspecified atom stereocenters. The Morgan fingerprint density at radius 3 is 2.72 bits per heavy atom. The third-order valence-corrected chi connectivity index (χ3v) is 2.85. The summed E-state index contributed by atoms with van der Waals surface area (Å²) in [6, 6.07) is 5.81. The summed E-state index contributed by atoms with van der Waals surface area (Å²) >= 11 is 0. The van der Waals surface area contributed by atoms with Gasteiger partial charge in [-0.15, -0.1) is 0 Å². The maximum Gasteiger partial charge on any atom is 0.235 e. The Bertz CT molecular complexity index is 469. The van der Waals surface area contributed by atoms with E-state index in [2.05, 4.69) is 10.5 Å². The van der Waals surface area contributed by atoms with Gasteiger partial charge in [0, 0.05) is 5.69 Å². The van der Waals surface area contributed by atoms with Crippen molar-refractivity contribution in [2.45, 2.75) is 27.2 Å². The molecule has 0 saturated heterocycles. The quantitative estimate of drug-likeness (QED) is 0.330. The van der Waals surface area contributed by atoms with E-state index in [-0.39, 0.29) is 11.7 Å². The molecular formula is C13H19N3O2. The maximum atomic E-state index is 12.0. The second kappa shape index (κ2) is 6.05. The summed E-state index contributed by atoms with van der Waals surface area (Å²) in [5.74, 6) is -0.947. The van der Waals surface area contributed by atoms with Gasteiger partial charge in [0.1, 0.15) is 0 Å². The number of oxime groups is 1. The zero-order chi connectivity index (χ0) is 13.7. The third-order valence-electron chi connectivity index (χ3n) is 2.85. The molecule has 5 nitrogen and oxygen atoms in total. The number of nitrogens with zero attached hydrogens (tertiary/aromatic N) is 1. The number of carbonyl (C=O) groups is 1. The van der Waals surface area contributed by atoms with Gasteiger partial charge in [0.25, 0.3) is 0 Å². The monoisotopic (exact) mass is 249 g/mol. The number of rotatable bonds is 4. The van der Waals surface area contributed by atoms with Crippen LogP contribution >= 0.6 is 0 Å². The lowest BCUT2D eigenvalue weighted by atomic mass is 10.0. The van der Waals surface area contributed by atoms with Gasteiger partial charge >= 0.3 is 0 Å². The molecule has 1 aromatic rings. The van der Waals surface area contributed by atoms with E-state index in [1.807, 2.05) is 39.0 Å². The molecule has 5 heteroatoms. The first-order valence-electron chi connectivity index (χ1n) is 5.85. The highest BCUT2D eigenvalue weighted by molar-refractivity contribution is 6.07. The average Bonchev–Trinajstić information content (AvgIpc) is 2.34. The fourth-order valence-electron chi connectivity index (χ4n) is 1.69. The van der Waals surface area contributed by atoms with Crippen molar-refractivity contribution in [3.63, 3.8) is 0 Å². The molecule has 0 saturated carbocycles. The van der Waals surface area contributed by atoms with Crippen molar-refractivity contribution in [1.29, 1.82) is 0 Å². The van der Waals surface area contributed by atoms with Gasteiger partial charge in [0.2, 0.25) is 5.91 Å². The van der Waals surface area contributed by atoms with Gasteiger partial charge in [-0.25, -0.2) is 0 Å². The van der Waals surface area contributed by atoms with Gasteiger partial charge in [0.05, 0.1) is 5.92 Å². The second-order valence-corrected chi connectivity index (χ2v) is 4.29. The minimum atomic E-state index is -0.616. The minimum absolute atomic E-state index is 0.0692. The van der Waals surface area contributed by atoms with Crippen LogP contribution in [0.3, 0.4) is 0 Å². The van der Waals surface area contributed by atoms with E-state index < -0.39 is 5.92 Å². The Labute approximate surface area is 107 Å². The van der Waals surface area contributed by atoms with E-state index in [1.54, 1.807) is 0 Å². The highest BCUT2D eigenvalue weighted by Crippen LogP contribution is 2.18. The Kier molecular flexibility index (Phi) is 4.71. The Morgan fingerprint density at radius 1 is 1.50 bits per heavy atom. The summed E-state index contributed by atoms with van der Waals surface area (Å²) < 4.78 is 0. The summed E-state index contributed by atoms with van der Waals surface area (Å²) in [5, 5.41) is 14.3. The molecule has 0 heterocycles. The fourth-order valence-corrected chi connectivity index (χ4v) is 1.69. The topological polar surface area (TPSA) is 87.7 Å². The number of amides is 1. The molecule has 0 radical (unpaired) electrons. The predicted octanol–water partition coefficient (Wildman–Crippen LogP) is 2.01. The zero-order valence-electron chi connectivity index (χ0n) is 10.9. The second-order valence-electron chi connectivity index (χ2n) is 4.29. The molecule has 0 aliphatic rings. The van der Waals surface area contributed by atoms with Crippen molar-refractivity contribution in [1.82, 2.24) is 0 Å². The van der Waals surface area contributed by atoms with Crippen LogP contribution in [0, 0.1) is 19.8 Å². The lowest BCUT2D eigenvalue weighted by molar-refractivity contribution is -0.118. The fraction of sp³-hybridized carbons (Fsp3) is 0.385.